The number of ether oxygens (including phenoxy) is 3. The standard InChI is InChI=1S/C16H24O11/c17-2-6-8(19)1-5-7(14(23)24)4-25-15(10(5)6)27-16-13(22)12(21)11(20)9(3-18)26-16/h4-6,8-13,15-22H,1-3H2,(H,23,24)/t5-,6?,8+,9-,10+,11-,12+,13-,15?,16+/m1/s1. The van der Waals surface area contributed by atoms with Crippen molar-refractivity contribution in [2.45, 2.75) is 49.5 Å². The smallest absolute Gasteiger partial charge is 0.334 e. The fourth-order valence-electron chi connectivity index (χ4n) is 4.08. The Hall–Kier alpha value is -1.31. The third-order valence-electron chi connectivity index (χ3n) is 5.57. The molecule has 10 atom stereocenters. The van der Waals surface area contributed by atoms with Crippen LogP contribution >= 0.6 is 0 Å². The molecule has 11 heteroatoms. The quantitative estimate of drug-likeness (QED) is 0.249. The first-order valence-electron chi connectivity index (χ1n) is 8.63. The van der Waals surface area contributed by atoms with Gasteiger partial charge in [-0.3, -0.25) is 0 Å². The van der Waals surface area contributed by atoms with Crippen molar-refractivity contribution in [3.8, 4) is 0 Å². The number of aliphatic carboxylic acids is 1. The molecule has 11 nitrogen and oxygen atoms in total. The van der Waals surface area contributed by atoms with Crippen molar-refractivity contribution in [1.29, 1.82) is 0 Å². The van der Waals surface area contributed by atoms with E-state index < -0.39 is 80.0 Å². The average molecular weight is 392 g/mol. The fourth-order valence-corrected chi connectivity index (χ4v) is 4.08. The maximum Gasteiger partial charge on any atom is 0.334 e. The van der Waals surface area contributed by atoms with E-state index in [9.17, 15) is 40.5 Å². The maximum absolute atomic E-state index is 11.4. The van der Waals surface area contributed by atoms with Gasteiger partial charge in [-0.2, -0.15) is 0 Å². The maximum atomic E-state index is 11.4. The molecule has 2 unspecified atom stereocenters. The van der Waals surface area contributed by atoms with Crippen LogP contribution in [0.4, 0.5) is 0 Å². The molecule has 0 amide bonds. The van der Waals surface area contributed by atoms with Gasteiger partial charge in [0.15, 0.2) is 6.29 Å². The summed E-state index contributed by atoms with van der Waals surface area (Å²) in [5, 5.41) is 68.1. The van der Waals surface area contributed by atoms with Crippen molar-refractivity contribution < 1.29 is 54.8 Å². The van der Waals surface area contributed by atoms with Crippen LogP contribution in [0.15, 0.2) is 11.8 Å². The van der Waals surface area contributed by atoms with Gasteiger partial charge in [0, 0.05) is 24.4 Å². The molecule has 0 aromatic heterocycles. The third kappa shape index (κ3) is 3.57. The highest BCUT2D eigenvalue weighted by molar-refractivity contribution is 5.87. The lowest BCUT2D eigenvalue weighted by atomic mass is 9.83. The second-order valence-corrected chi connectivity index (χ2v) is 7.05. The monoisotopic (exact) mass is 392 g/mol. The van der Waals surface area contributed by atoms with Gasteiger partial charge >= 0.3 is 5.97 Å². The highest BCUT2D eigenvalue weighted by atomic mass is 16.8. The van der Waals surface area contributed by atoms with E-state index in [1.165, 1.54) is 0 Å². The van der Waals surface area contributed by atoms with E-state index in [4.69, 9.17) is 14.2 Å². The Bertz CT molecular complexity index is 579. The average Bonchev–Trinajstić information content (AvgIpc) is 2.98. The molecule has 1 saturated heterocycles. The van der Waals surface area contributed by atoms with Crippen molar-refractivity contribution in [2.75, 3.05) is 13.2 Å². The second-order valence-electron chi connectivity index (χ2n) is 7.05. The van der Waals surface area contributed by atoms with Crippen LogP contribution in [-0.2, 0) is 19.0 Å². The van der Waals surface area contributed by atoms with Crippen molar-refractivity contribution in [3.63, 3.8) is 0 Å². The van der Waals surface area contributed by atoms with E-state index in [1.54, 1.807) is 0 Å². The number of hydrogen-bond donors (Lipinski definition) is 7. The van der Waals surface area contributed by atoms with Crippen LogP contribution in [0.3, 0.4) is 0 Å². The van der Waals surface area contributed by atoms with Gasteiger partial charge in [-0.25, -0.2) is 4.79 Å². The summed E-state index contributed by atoms with van der Waals surface area (Å²) in [5.74, 6) is -3.35. The first kappa shape index (κ1) is 20.4. The molecular formula is C16H24O11. The van der Waals surface area contributed by atoms with E-state index >= 15 is 0 Å². The number of aliphatic hydroxyl groups excluding tert-OH is 6. The van der Waals surface area contributed by atoms with Crippen molar-refractivity contribution in [3.05, 3.63) is 11.8 Å². The van der Waals surface area contributed by atoms with E-state index in [-0.39, 0.29) is 12.0 Å². The number of carboxylic acid groups (broad SMARTS) is 1. The van der Waals surface area contributed by atoms with Crippen LogP contribution in [-0.4, -0.2) is 98.0 Å². The highest BCUT2D eigenvalue weighted by Crippen LogP contribution is 2.47. The Balaban J connectivity index is 1.82. The molecule has 2 aliphatic heterocycles. The first-order valence-corrected chi connectivity index (χ1v) is 8.63. The zero-order valence-electron chi connectivity index (χ0n) is 14.2. The summed E-state index contributed by atoms with van der Waals surface area (Å²) in [5.41, 5.74) is -0.0661. The summed E-state index contributed by atoms with van der Waals surface area (Å²) in [6, 6.07) is 0. The van der Waals surface area contributed by atoms with Gasteiger partial charge < -0.3 is 50.0 Å². The molecule has 1 saturated carbocycles. The highest BCUT2D eigenvalue weighted by Gasteiger charge is 2.54. The molecule has 0 radical (unpaired) electrons. The number of rotatable bonds is 5. The third-order valence-corrected chi connectivity index (χ3v) is 5.57. The molecule has 27 heavy (non-hydrogen) atoms. The van der Waals surface area contributed by atoms with Crippen LogP contribution in [0.1, 0.15) is 6.42 Å². The minimum Gasteiger partial charge on any atom is -0.478 e. The van der Waals surface area contributed by atoms with Crippen LogP contribution < -0.4 is 0 Å². The Morgan fingerprint density at radius 1 is 1.07 bits per heavy atom. The molecule has 2 heterocycles. The van der Waals surface area contributed by atoms with Gasteiger partial charge in [-0.15, -0.1) is 0 Å². The zero-order chi connectivity index (χ0) is 19.9. The van der Waals surface area contributed by atoms with Crippen LogP contribution in [0, 0.1) is 17.8 Å². The molecule has 3 rings (SSSR count). The summed E-state index contributed by atoms with van der Waals surface area (Å²) >= 11 is 0. The van der Waals surface area contributed by atoms with Crippen LogP contribution in [0.25, 0.3) is 0 Å². The topological polar surface area (TPSA) is 186 Å². The first-order chi connectivity index (χ1) is 12.8. The minimum absolute atomic E-state index is 0.0661. The molecule has 7 N–H and O–H groups in total. The molecule has 1 aliphatic carbocycles. The zero-order valence-corrected chi connectivity index (χ0v) is 14.2. The minimum atomic E-state index is -1.66. The molecule has 0 spiro atoms. The lowest BCUT2D eigenvalue weighted by molar-refractivity contribution is -0.343. The Kier molecular flexibility index (Phi) is 6.03. The van der Waals surface area contributed by atoms with Gasteiger partial charge in [0.2, 0.25) is 6.29 Å². The normalized spacial score (nSPS) is 47.1. The van der Waals surface area contributed by atoms with Crippen molar-refractivity contribution in [2.24, 2.45) is 17.8 Å². The molecule has 2 fully saturated rings. The number of fused-ring (bicyclic) bond motifs is 1. The molecule has 154 valence electrons. The summed E-state index contributed by atoms with van der Waals surface area (Å²) in [4.78, 5) is 11.4. The van der Waals surface area contributed by atoms with Gasteiger partial charge in [0.25, 0.3) is 0 Å². The fraction of sp³-hybridized carbons (Fsp3) is 0.812. The molecule has 0 aromatic carbocycles. The Morgan fingerprint density at radius 3 is 2.37 bits per heavy atom. The van der Waals surface area contributed by atoms with Crippen LogP contribution in [0.5, 0.6) is 0 Å². The molecule has 0 aromatic rings. The summed E-state index contributed by atoms with van der Waals surface area (Å²) in [6.07, 6.45) is -8.60. The second kappa shape index (κ2) is 7.97. The Morgan fingerprint density at radius 2 is 1.78 bits per heavy atom. The summed E-state index contributed by atoms with van der Waals surface area (Å²) < 4.78 is 16.2. The van der Waals surface area contributed by atoms with Crippen molar-refractivity contribution >= 4 is 5.97 Å². The van der Waals surface area contributed by atoms with E-state index in [0.29, 0.717) is 0 Å². The summed E-state index contributed by atoms with van der Waals surface area (Å²) in [7, 11) is 0. The van der Waals surface area contributed by atoms with Crippen molar-refractivity contribution in [1.82, 2.24) is 0 Å². The van der Waals surface area contributed by atoms with Gasteiger partial charge in [-0.1, -0.05) is 0 Å². The molecule has 3 aliphatic rings. The Labute approximate surface area is 154 Å². The van der Waals surface area contributed by atoms with E-state index in [0.717, 1.165) is 6.26 Å². The predicted octanol–water partition coefficient (Wildman–Crippen LogP) is -3.27. The number of hydrogen-bond acceptors (Lipinski definition) is 10. The largest absolute Gasteiger partial charge is 0.478 e. The van der Waals surface area contributed by atoms with E-state index in [1.807, 2.05) is 0 Å². The van der Waals surface area contributed by atoms with Gasteiger partial charge in [-0.05, 0) is 6.42 Å². The SMILES string of the molecule is O=C(O)C1=COC(O[C@@H]2O[C@H](CO)[C@@H](O)[C@H](O)[C@H]2O)[C@@H]2C(CO)[C@@H](O)C[C@H]12. The van der Waals surface area contributed by atoms with Gasteiger partial charge in [0.1, 0.15) is 24.4 Å². The lowest BCUT2D eigenvalue weighted by Gasteiger charge is -2.43. The number of aliphatic hydroxyl groups is 6. The molecule has 0 bridgehead atoms. The predicted molar refractivity (Wildman–Crippen MR) is 83.6 cm³/mol. The lowest BCUT2D eigenvalue weighted by Crippen LogP contribution is -2.60. The summed E-state index contributed by atoms with van der Waals surface area (Å²) in [6.45, 7) is -1.07. The van der Waals surface area contributed by atoms with Crippen LogP contribution in [0.2, 0.25) is 0 Å². The number of carboxylic acids is 1. The molecular weight excluding hydrogens is 368 g/mol. The van der Waals surface area contributed by atoms with E-state index in [2.05, 4.69) is 0 Å². The van der Waals surface area contributed by atoms with Gasteiger partial charge in [0.05, 0.1) is 24.5 Å². The number of carbonyl (C=O) groups is 1.